The second-order valence-corrected chi connectivity index (χ2v) is 4.71. The van der Waals surface area contributed by atoms with Gasteiger partial charge in [0.1, 0.15) is 0 Å². The van der Waals surface area contributed by atoms with Gasteiger partial charge >= 0.3 is 6.18 Å². The Hall–Kier alpha value is -2.03. The van der Waals surface area contributed by atoms with E-state index in [1.54, 1.807) is 0 Å². The number of aryl methyl sites for hydroxylation is 1. The summed E-state index contributed by atoms with van der Waals surface area (Å²) >= 11 is 0. The molecule has 0 aliphatic heterocycles. The van der Waals surface area contributed by atoms with Gasteiger partial charge in [-0.05, 0) is 14.0 Å². The Morgan fingerprint density at radius 3 is 2.43 bits per heavy atom. The maximum absolute atomic E-state index is 13.4. The fourth-order valence-corrected chi connectivity index (χ4v) is 1.96. The van der Waals surface area contributed by atoms with Gasteiger partial charge in [0.25, 0.3) is 0 Å². The molecule has 0 saturated heterocycles. The van der Waals surface area contributed by atoms with Crippen LogP contribution in [0.2, 0.25) is 0 Å². The molecule has 0 bridgehead atoms. The van der Waals surface area contributed by atoms with Gasteiger partial charge in [-0.3, -0.25) is 14.5 Å². The topological polar surface area (TPSA) is 88.6 Å². The van der Waals surface area contributed by atoms with Gasteiger partial charge in [-0.2, -0.15) is 13.2 Å². The number of likely N-dealkylation sites (N-methyl/N-ethyl adjacent to an activating group) is 1. The van der Waals surface area contributed by atoms with Crippen LogP contribution in [0.5, 0.6) is 5.75 Å². The number of aromatic nitrogens is 1. The van der Waals surface area contributed by atoms with E-state index in [1.807, 2.05) is 0 Å². The summed E-state index contributed by atoms with van der Waals surface area (Å²) in [5, 5.41) is 9.71. The van der Waals surface area contributed by atoms with Crippen LogP contribution in [0.25, 0.3) is 0 Å². The first-order valence-electron chi connectivity index (χ1n) is 5.95. The molecule has 6 nitrogen and oxygen atoms in total. The van der Waals surface area contributed by atoms with Crippen LogP contribution in [-0.2, 0) is 11.8 Å². The number of rotatable bonds is 4. The molecule has 3 N–H and O–H groups in total. The molecule has 2 atom stereocenters. The van der Waals surface area contributed by atoms with E-state index in [0.717, 1.165) is 23.9 Å². The molecule has 1 rings (SSSR count). The van der Waals surface area contributed by atoms with Crippen LogP contribution in [0, 0.1) is 0 Å². The lowest BCUT2D eigenvalue weighted by atomic mass is 10.1. The van der Waals surface area contributed by atoms with E-state index in [0.29, 0.717) is 4.90 Å². The van der Waals surface area contributed by atoms with E-state index in [2.05, 4.69) is 0 Å². The number of hydrogen-bond acceptors (Lipinski definition) is 4. The van der Waals surface area contributed by atoms with Crippen LogP contribution >= 0.6 is 0 Å². The molecule has 1 aromatic rings. The van der Waals surface area contributed by atoms with Crippen molar-refractivity contribution < 1.29 is 23.1 Å². The second kappa shape index (κ2) is 5.76. The summed E-state index contributed by atoms with van der Waals surface area (Å²) in [5.41, 5.74) is 3.44. The third-order valence-corrected chi connectivity index (χ3v) is 3.30. The number of primary amides is 1. The summed E-state index contributed by atoms with van der Waals surface area (Å²) < 4.78 is 41.0. The number of nitrogens with two attached hydrogens (primary N) is 1. The number of aromatic hydroxyl groups is 1. The number of hydrogen-bond donors (Lipinski definition) is 2. The molecule has 0 fully saturated rings. The molecular weight excluding hydrogens is 291 g/mol. The molecule has 1 aromatic heterocycles. The van der Waals surface area contributed by atoms with Gasteiger partial charge in [0.15, 0.2) is 11.8 Å². The highest BCUT2D eigenvalue weighted by Gasteiger charge is 2.48. The van der Waals surface area contributed by atoms with Gasteiger partial charge < -0.3 is 15.4 Å². The first-order valence-corrected chi connectivity index (χ1v) is 5.95. The van der Waals surface area contributed by atoms with Gasteiger partial charge in [-0.15, -0.1) is 0 Å². The molecule has 0 aliphatic carbocycles. The molecule has 0 aromatic carbocycles. The van der Waals surface area contributed by atoms with Crippen LogP contribution in [-0.4, -0.2) is 39.7 Å². The maximum atomic E-state index is 13.4. The minimum absolute atomic E-state index is 0.648. The Morgan fingerprint density at radius 1 is 1.48 bits per heavy atom. The van der Waals surface area contributed by atoms with Crippen molar-refractivity contribution in [2.24, 2.45) is 12.8 Å². The highest BCUT2D eigenvalue weighted by molar-refractivity contribution is 5.79. The molecule has 0 aliphatic rings. The molecule has 1 heterocycles. The monoisotopic (exact) mass is 307 g/mol. The molecule has 1 amide bonds. The van der Waals surface area contributed by atoms with E-state index in [-0.39, 0.29) is 0 Å². The summed E-state index contributed by atoms with van der Waals surface area (Å²) in [6.45, 7) is 1.21. The van der Waals surface area contributed by atoms with Gasteiger partial charge in [-0.1, -0.05) is 0 Å². The first kappa shape index (κ1) is 17.0. The zero-order chi connectivity index (χ0) is 16.5. The van der Waals surface area contributed by atoms with Gasteiger partial charge in [0.05, 0.1) is 11.7 Å². The standard InChI is InChI=1S/C12H16F3N3O3/c1-6(11(16)21)18(3)10(12(13,14)15)8-9(20)7(19)4-5-17(8)2/h4-6,10,20H,1-3H3,(H2,16,21)/t6-,10?/m1/s1. The van der Waals surface area contributed by atoms with Crippen molar-refractivity contribution in [2.45, 2.75) is 25.2 Å². The average molecular weight is 307 g/mol. The summed E-state index contributed by atoms with van der Waals surface area (Å²) in [7, 11) is 2.31. The van der Waals surface area contributed by atoms with Crippen LogP contribution in [0.3, 0.4) is 0 Å². The number of carbonyl (C=O) groups excluding carboxylic acids is 1. The number of nitrogens with zero attached hydrogens (tertiary/aromatic N) is 2. The molecule has 9 heteroatoms. The maximum Gasteiger partial charge on any atom is 0.409 e. The number of amides is 1. The van der Waals surface area contributed by atoms with Gasteiger partial charge in [0.2, 0.25) is 11.3 Å². The minimum Gasteiger partial charge on any atom is -0.503 e. The third kappa shape index (κ3) is 3.35. The molecule has 0 radical (unpaired) electrons. The van der Waals surface area contributed by atoms with E-state index in [9.17, 15) is 27.9 Å². The Morgan fingerprint density at radius 2 is 2.00 bits per heavy atom. The van der Waals surface area contributed by atoms with Crippen molar-refractivity contribution in [3.63, 3.8) is 0 Å². The minimum atomic E-state index is -4.82. The predicted octanol–water partition coefficient (Wildman–Crippen LogP) is 0.500. The molecule has 0 saturated carbocycles. The largest absolute Gasteiger partial charge is 0.503 e. The zero-order valence-electron chi connectivity index (χ0n) is 11.7. The smallest absolute Gasteiger partial charge is 0.409 e. The van der Waals surface area contributed by atoms with Crippen LogP contribution in [0.1, 0.15) is 18.7 Å². The van der Waals surface area contributed by atoms with E-state index in [1.165, 1.54) is 14.0 Å². The first-order chi connectivity index (χ1) is 9.48. The van der Waals surface area contributed by atoms with Gasteiger partial charge in [-0.25, -0.2) is 0 Å². The number of alkyl halides is 3. The number of pyridine rings is 1. The van der Waals surface area contributed by atoms with Crippen LogP contribution < -0.4 is 11.2 Å². The molecular formula is C12H16F3N3O3. The van der Waals surface area contributed by atoms with E-state index in [4.69, 9.17) is 5.73 Å². The lowest BCUT2D eigenvalue weighted by Crippen LogP contribution is -2.47. The number of halogens is 3. The summed E-state index contributed by atoms with van der Waals surface area (Å²) in [5.74, 6) is -1.96. The molecule has 21 heavy (non-hydrogen) atoms. The number of carbonyl (C=O) groups is 1. The summed E-state index contributed by atoms with van der Waals surface area (Å²) in [6.07, 6.45) is -3.71. The third-order valence-electron chi connectivity index (χ3n) is 3.30. The van der Waals surface area contributed by atoms with Crippen LogP contribution in [0.15, 0.2) is 17.1 Å². The zero-order valence-corrected chi connectivity index (χ0v) is 11.7. The second-order valence-electron chi connectivity index (χ2n) is 4.71. The Bertz CT molecular complexity index is 598. The molecule has 0 spiro atoms. The Balaban J connectivity index is 3.52. The quantitative estimate of drug-likeness (QED) is 0.848. The van der Waals surface area contributed by atoms with Crippen molar-refractivity contribution in [1.82, 2.24) is 9.47 Å². The molecule has 1 unspecified atom stereocenters. The summed E-state index contributed by atoms with van der Waals surface area (Å²) in [4.78, 5) is 23.2. The highest BCUT2D eigenvalue weighted by atomic mass is 19.4. The van der Waals surface area contributed by atoms with Crippen LogP contribution in [0.4, 0.5) is 13.2 Å². The van der Waals surface area contributed by atoms with Crippen molar-refractivity contribution in [3.05, 3.63) is 28.2 Å². The predicted molar refractivity (Wildman–Crippen MR) is 68.6 cm³/mol. The van der Waals surface area contributed by atoms with E-state index >= 15 is 0 Å². The molecule has 118 valence electrons. The van der Waals surface area contributed by atoms with Crippen molar-refractivity contribution in [3.8, 4) is 5.75 Å². The fraction of sp³-hybridized carbons (Fsp3) is 0.500. The lowest BCUT2D eigenvalue weighted by Gasteiger charge is -2.34. The highest BCUT2D eigenvalue weighted by Crippen LogP contribution is 2.40. The van der Waals surface area contributed by atoms with Gasteiger partial charge in [0, 0.05) is 19.3 Å². The van der Waals surface area contributed by atoms with E-state index < -0.39 is 41.0 Å². The van der Waals surface area contributed by atoms with Crippen molar-refractivity contribution >= 4 is 5.91 Å². The summed E-state index contributed by atoms with van der Waals surface area (Å²) in [6, 6.07) is -2.64. The Kier molecular flexibility index (Phi) is 4.67. The van der Waals surface area contributed by atoms with Crippen molar-refractivity contribution in [1.29, 1.82) is 0 Å². The normalized spacial score (nSPS) is 15.0. The lowest BCUT2D eigenvalue weighted by molar-refractivity contribution is -0.190. The van der Waals surface area contributed by atoms with Crippen molar-refractivity contribution in [2.75, 3.05) is 7.05 Å². The fourth-order valence-electron chi connectivity index (χ4n) is 1.96. The Labute approximate surface area is 118 Å². The average Bonchev–Trinajstić information content (AvgIpc) is 2.35. The SMILES string of the molecule is C[C@H](C(N)=O)N(C)C(c1c(O)c(=O)ccn1C)C(F)(F)F.